The first kappa shape index (κ1) is 34.3. The Kier molecular flexibility index (Phi) is 10.5. The first-order chi connectivity index (χ1) is 22.3. The molecule has 2 aliphatic heterocycles. The van der Waals surface area contributed by atoms with Crippen molar-refractivity contribution in [2.45, 2.75) is 45.3 Å². The van der Waals surface area contributed by atoms with Gasteiger partial charge >= 0.3 is 6.09 Å². The highest BCUT2D eigenvalue weighted by molar-refractivity contribution is 7.92. The molecule has 0 spiro atoms. The largest absolute Gasteiger partial charge is 0.494 e. The Morgan fingerprint density at radius 3 is 2.28 bits per heavy atom. The highest BCUT2D eigenvalue weighted by Crippen LogP contribution is 2.34. The molecule has 2 aromatic carbocycles. The lowest BCUT2D eigenvalue weighted by Crippen LogP contribution is -2.55. The molecule has 2 fully saturated rings. The van der Waals surface area contributed by atoms with E-state index in [9.17, 15) is 13.2 Å². The molecule has 3 N–H and O–H groups in total. The van der Waals surface area contributed by atoms with E-state index in [-0.39, 0.29) is 17.1 Å². The number of methoxy groups -OCH3 is 1. The van der Waals surface area contributed by atoms with Gasteiger partial charge < -0.3 is 29.9 Å². The number of aromatic nitrogens is 2. The summed E-state index contributed by atoms with van der Waals surface area (Å²) >= 11 is 6.39. The lowest BCUT2D eigenvalue weighted by Gasteiger charge is -2.43. The fraction of sp³-hybridized carbons (Fsp3) is 0.469. The van der Waals surface area contributed by atoms with E-state index in [0.29, 0.717) is 47.8 Å². The highest BCUT2D eigenvalue weighted by atomic mass is 35.5. The summed E-state index contributed by atoms with van der Waals surface area (Å²) in [6, 6.07) is 13.3. The molecule has 0 unspecified atom stereocenters. The molecule has 254 valence electrons. The maximum absolute atomic E-state index is 12.5. The van der Waals surface area contributed by atoms with Crippen molar-refractivity contribution in [3.05, 3.63) is 53.7 Å². The molecule has 3 heterocycles. The molecule has 0 aliphatic carbocycles. The topological polar surface area (TPSA) is 141 Å². The summed E-state index contributed by atoms with van der Waals surface area (Å²) in [7, 11) is -1.87. The Labute approximate surface area is 281 Å². The highest BCUT2D eigenvalue weighted by Gasteiger charge is 2.31. The number of hydrogen-bond donors (Lipinski definition) is 3. The summed E-state index contributed by atoms with van der Waals surface area (Å²) in [5.74, 6) is 1.22. The third kappa shape index (κ3) is 9.30. The number of anilines is 6. The van der Waals surface area contributed by atoms with Gasteiger partial charge in [0.1, 0.15) is 16.4 Å². The summed E-state index contributed by atoms with van der Waals surface area (Å²) in [5, 5.41) is 6.58. The lowest BCUT2D eigenvalue weighted by molar-refractivity contribution is 0.00901. The number of benzene rings is 2. The summed E-state index contributed by atoms with van der Waals surface area (Å²) in [5.41, 5.74) is 2.11. The van der Waals surface area contributed by atoms with Crippen LogP contribution in [0.15, 0.2) is 48.7 Å². The van der Waals surface area contributed by atoms with E-state index in [2.05, 4.69) is 35.1 Å². The van der Waals surface area contributed by atoms with E-state index in [0.717, 1.165) is 51.0 Å². The molecule has 47 heavy (non-hydrogen) atoms. The standard InChI is InChI=1S/C32H43ClN8O5S/c1-32(2,3)46-31(42)41-18-16-40(17-19-41)22-12-14-39(15-13-22)23-10-11-27(28(20-23)45-4)36-30-34-21-24(33)29(37-30)35-25-8-6-7-9-26(25)38-47(5,43)44/h6-11,20-22,38H,12-19H2,1-5H3,(H2,34,35,36,37). The van der Waals surface area contributed by atoms with Crippen LogP contribution >= 0.6 is 11.6 Å². The lowest BCUT2D eigenvalue weighted by atomic mass is 10.0. The number of nitrogens with one attached hydrogen (secondary N) is 3. The fourth-order valence-electron chi connectivity index (χ4n) is 5.71. The zero-order chi connectivity index (χ0) is 33.8. The Balaban J connectivity index is 1.19. The third-order valence-electron chi connectivity index (χ3n) is 7.96. The minimum atomic E-state index is -3.49. The first-order valence-corrected chi connectivity index (χ1v) is 17.8. The van der Waals surface area contributed by atoms with Crippen LogP contribution in [0, 0.1) is 0 Å². The zero-order valence-electron chi connectivity index (χ0n) is 27.4. The summed E-state index contributed by atoms with van der Waals surface area (Å²) < 4.78 is 37.4. The number of carbonyl (C=O) groups excluding carboxylic acids is 1. The van der Waals surface area contributed by atoms with Gasteiger partial charge in [-0.1, -0.05) is 23.7 Å². The predicted octanol–water partition coefficient (Wildman–Crippen LogP) is 5.52. The van der Waals surface area contributed by atoms with Crippen molar-refractivity contribution in [2.24, 2.45) is 0 Å². The molecule has 0 radical (unpaired) electrons. The molecular formula is C32H43ClN8O5S. The van der Waals surface area contributed by atoms with E-state index in [4.69, 9.17) is 21.1 Å². The number of piperidine rings is 1. The van der Waals surface area contributed by atoms with E-state index >= 15 is 0 Å². The molecule has 0 bridgehead atoms. The molecule has 1 amide bonds. The van der Waals surface area contributed by atoms with Crippen LogP contribution in [0.4, 0.5) is 39.3 Å². The van der Waals surface area contributed by atoms with Crippen LogP contribution in [0.3, 0.4) is 0 Å². The minimum Gasteiger partial charge on any atom is -0.494 e. The minimum absolute atomic E-state index is 0.233. The number of hydrogen-bond acceptors (Lipinski definition) is 11. The Hall–Kier alpha value is -4.01. The average molecular weight is 687 g/mol. The second kappa shape index (κ2) is 14.4. The number of sulfonamides is 1. The second-order valence-corrected chi connectivity index (χ2v) is 14.8. The van der Waals surface area contributed by atoms with Crippen molar-refractivity contribution < 1.29 is 22.7 Å². The van der Waals surface area contributed by atoms with Crippen LogP contribution in [0.1, 0.15) is 33.6 Å². The van der Waals surface area contributed by atoms with Crippen LogP contribution in [-0.2, 0) is 14.8 Å². The van der Waals surface area contributed by atoms with E-state index in [1.165, 1.54) is 6.20 Å². The number of ether oxygens (including phenoxy) is 2. The number of rotatable bonds is 9. The van der Waals surface area contributed by atoms with Gasteiger partial charge in [-0.2, -0.15) is 4.98 Å². The third-order valence-corrected chi connectivity index (χ3v) is 8.83. The van der Waals surface area contributed by atoms with Crippen molar-refractivity contribution in [3.63, 3.8) is 0 Å². The number of piperazine rings is 1. The van der Waals surface area contributed by atoms with Gasteiger partial charge in [0.2, 0.25) is 16.0 Å². The van der Waals surface area contributed by atoms with Crippen LogP contribution < -0.4 is 25.0 Å². The molecule has 0 atom stereocenters. The van der Waals surface area contributed by atoms with E-state index in [1.807, 2.05) is 43.9 Å². The quantitative estimate of drug-likeness (QED) is 0.262. The van der Waals surface area contributed by atoms with Crippen molar-refractivity contribution in [2.75, 3.05) is 72.9 Å². The van der Waals surface area contributed by atoms with Gasteiger partial charge in [-0.15, -0.1) is 0 Å². The monoisotopic (exact) mass is 686 g/mol. The molecule has 2 saturated heterocycles. The van der Waals surface area contributed by atoms with Crippen molar-refractivity contribution in [1.82, 2.24) is 19.8 Å². The molecule has 2 aliphatic rings. The Morgan fingerprint density at radius 2 is 1.64 bits per heavy atom. The van der Waals surface area contributed by atoms with Crippen molar-refractivity contribution >= 4 is 62.2 Å². The summed E-state index contributed by atoms with van der Waals surface area (Å²) in [6.07, 6.45) is 4.39. The number of amides is 1. The van der Waals surface area contributed by atoms with Gasteiger partial charge in [0.25, 0.3) is 0 Å². The van der Waals surface area contributed by atoms with Gasteiger partial charge in [-0.3, -0.25) is 9.62 Å². The van der Waals surface area contributed by atoms with Crippen LogP contribution in [0.5, 0.6) is 5.75 Å². The number of para-hydroxylation sites is 2. The van der Waals surface area contributed by atoms with E-state index < -0.39 is 15.6 Å². The molecule has 3 aromatic rings. The molecule has 13 nitrogen and oxygen atoms in total. The molecule has 5 rings (SSSR count). The van der Waals surface area contributed by atoms with E-state index in [1.54, 1.807) is 31.4 Å². The number of carbonyl (C=O) groups is 1. The Morgan fingerprint density at radius 1 is 0.957 bits per heavy atom. The van der Waals surface area contributed by atoms with Crippen molar-refractivity contribution in [3.8, 4) is 5.75 Å². The van der Waals surface area contributed by atoms with Crippen LogP contribution in [0.2, 0.25) is 5.02 Å². The van der Waals surface area contributed by atoms with Crippen LogP contribution in [0.25, 0.3) is 0 Å². The summed E-state index contributed by atoms with van der Waals surface area (Å²) in [6.45, 7) is 10.6. The molecule has 0 saturated carbocycles. The number of nitrogens with zero attached hydrogens (tertiary/aromatic N) is 5. The smallest absolute Gasteiger partial charge is 0.410 e. The normalized spacial score (nSPS) is 16.5. The SMILES string of the molecule is COc1cc(N2CCC(N3CCN(C(=O)OC(C)(C)C)CC3)CC2)ccc1Nc1ncc(Cl)c(Nc2ccccc2NS(C)(=O)=O)n1. The second-order valence-electron chi connectivity index (χ2n) is 12.7. The Bertz CT molecular complexity index is 1670. The van der Waals surface area contributed by atoms with Gasteiger partial charge in [0.05, 0.1) is 36.6 Å². The van der Waals surface area contributed by atoms with Gasteiger partial charge in [-0.05, 0) is 57.9 Å². The molecule has 1 aromatic heterocycles. The van der Waals surface area contributed by atoms with Gasteiger partial charge in [0.15, 0.2) is 5.82 Å². The van der Waals surface area contributed by atoms with Crippen molar-refractivity contribution in [1.29, 1.82) is 0 Å². The molecule has 15 heteroatoms. The van der Waals surface area contributed by atoms with Gasteiger partial charge in [-0.25, -0.2) is 18.2 Å². The molecular weight excluding hydrogens is 644 g/mol. The fourth-order valence-corrected chi connectivity index (χ4v) is 6.42. The zero-order valence-corrected chi connectivity index (χ0v) is 29.0. The predicted molar refractivity (Wildman–Crippen MR) is 186 cm³/mol. The van der Waals surface area contributed by atoms with Gasteiger partial charge in [0, 0.05) is 57.1 Å². The number of halogens is 1. The first-order valence-electron chi connectivity index (χ1n) is 15.6. The van der Waals surface area contributed by atoms with Crippen LogP contribution in [-0.4, -0.2) is 98.6 Å². The average Bonchev–Trinajstić information content (AvgIpc) is 3.02. The maximum atomic E-state index is 12.5. The maximum Gasteiger partial charge on any atom is 0.410 e. The summed E-state index contributed by atoms with van der Waals surface area (Å²) in [4.78, 5) is 28.0.